The largest absolute Gasteiger partial charge is 0.445 e. The molecule has 1 aliphatic rings. The van der Waals surface area contributed by atoms with Crippen molar-refractivity contribution in [1.82, 2.24) is 9.88 Å². The third kappa shape index (κ3) is 4.54. The molecule has 126 valence electrons. The standard InChI is InChI=1S/C16H18N2O3.CO2/c1-2-15-17-13-10-18(9-8-14(13)21-15)16(19)20-11-12-6-4-3-5-7-12;2-1-3/h3-7H,2,8-11H2,1H3;. The molecule has 1 aromatic carbocycles. The van der Waals surface area contributed by atoms with Crippen LogP contribution in [-0.4, -0.2) is 28.7 Å². The summed E-state index contributed by atoms with van der Waals surface area (Å²) in [6.45, 7) is 3.37. The summed E-state index contributed by atoms with van der Waals surface area (Å²) in [6, 6.07) is 9.67. The molecule has 1 aromatic heterocycles. The molecule has 0 spiro atoms. The van der Waals surface area contributed by atoms with E-state index in [4.69, 9.17) is 18.7 Å². The summed E-state index contributed by atoms with van der Waals surface area (Å²) in [4.78, 5) is 34.4. The number of nitrogens with zero attached hydrogens (tertiary/aromatic N) is 2. The lowest BCUT2D eigenvalue weighted by Crippen LogP contribution is -2.36. The number of benzene rings is 1. The average Bonchev–Trinajstić information content (AvgIpc) is 3.03. The van der Waals surface area contributed by atoms with Gasteiger partial charge in [0.15, 0.2) is 5.89 Å². The van der Waals surface area contributed by atoms with E-state index in [1.807, 2.05) is 37.3 Å². The maximum absolute atomic E-state index is 12.1. The number of aryl methyl sites for hydroxylation is 1. The van der Waals surface area contributed by atoms with Crippen LogP contribution >= 0.6 is 0 Å². The second-order valence-corrected chi connectivity index (χ2v) is 5.13. The van der Waals surface area contributed by atoms with Crippen LogP contribution in [0.25, 0.3) is 0 Å². The molecule has 0 atom stereocenters. The highest BCUT2D eigenvalue weighted by atomic mass is 16.6. The van der Waals surface area contributed by atoms with E-state index in [0.717, 1.165) is 29.3 Å². The lowest BCUT2D eigenvalue weighted by molar-refractivity contribution is -0.191. The molecule has 7 nitrogen and oxygen atoms in total. The second kappa shape index (κ2) is 8.64. The van der Waals surface area contributed by atoms with Crippen LogP contribution in [0.15, 0.2) is 34.7 Å². The molecule has 0 saturated carbocycles. The first-order chi connectivity index (χ1) is 11.7. The number of amides is 1. The Balaban J connectivity index is 0.000000647. The molecule has 0 radical (unpaired) electrons. The van der Waals surface area contributed by atoms with Gasteiger partial charge >= 0.3 is 12.2 Å². The third-order valence-corrected chi connectivity index (χ3v) is 3.54. The summed E-state index contributed by atoms with van der Waals surface area (Å²) < 4.78 is 11.0. The van der Waals surface area contributed by atoms with E-state index >= 15 is 0 Å². The molecule has 2 heterocycles. The molecule has 24 heavy (non-hydrogen) atoms. The number of carbonyl (C=O) groups is 1. The van der Waals surface area contributed by atoms with Crippen molar-refractivity contribution in [3.05, 3.63) is 53.2 Å². The average molecular weight is 330 g/mol. The normalized spacial score (nSPS) is 12.5. The van der Waals surface area contributed by atoms with Crippen LogP contribution in [0.2, 0.25) is 0 Å². The number of carbonyl (C=O) groups excluding carboxylic acids is 3. The summed E-state index contributed by atoms with van der Waals surface area (Å²) in [6.07, 6.45) is 1.42. The summed E-state index contributed by atoms with van der Waals surface area (Å²) in [5, 5.41) is 0. The van der Waals surface area contributed by atoms with E-state index in [-0.39, 0.29) is 12.2 Å². The van der Waals surface area contributed by atoms with Gasteiger partial charge in [0, 0.05) is 19.4 Å². The first-order valence-corrected chi connectivity index (χ1v) is 7.60. The van der Waals surface area contributed by atoms with Crippen LogP contribution in [0.5, 0.6) is 0 Å². The quantitative estimate of drug-likeness (QED) is 0.858. The Hall–Kier alpha value is -2.92. The van der Waals surface area contributed by atoms with Gasteiger partial charge in [-0.2, -0.15) is 9.59 Å². The van der Waals surface area contributed by atoms with Gasteiger partial charge in [0.2, 0.25) is 0 Å². The van der Waals surface area contributed by atoms with Crippen molar-refractivity contribution >= 4 is 12.2 Å². The zero-order chi connectivity index (χ0) is 17.4. The number of rotatable bonds is 3. The van der Waals surface area contributed by atoms with Gasteiger partial charge in [-0.15, -0.1) is 0 Å². The maximum Gasteiger partial charge on any atom is 0.410 e. The number of hydrogen-bond acceptors (Lipinski definition) is 6. The van der Waals surface area contributed by atoms with Crippen molar-refractivity contribution in [1.29, 1.82) is 0 Å². The molecule has 7 heteroatoms. The Morgan fingerprint density at radius 1 is 1.33 bits per heavy atom. The van der Waals surface area contributed by atoms with E-state index in [2.05, 4.69) is 4.98 Å². The van der Waals surface area contributed by atoms with Crippen LogP contribution in [0.3, 0.4) is 0 Å². The van der Waals surface area contributed by atoms with Gasteiger partial charge in [0.05, 0.1) is 6.54 Å². The number of aromatic nitrogens is 1. The fourth-order valence-electron chi connectivity index (χ4n) is 2.37. The van der Waals surface area contributed by atoms with E-state index in [1.165, 1.54) is 0 Å². The minimum Gasteiger partial charge on any atom is -0.445 e. The smallest absolute Gasteiger partial charge is 0.410 e. The minimum absolute atomic E-state index is 0.250. The fourth-order valence-corrected chi connectivity index (χ4v) is 2.37. The number of hydrogen-bond donors (Lipinski definition) is 0. The molecular formula is C17H18N2O5. The van der Waals surface area contributed by atoms with E-state index in [9.17, 15) is 4.79 Å². The van der Waals surface area contributed by atoms with Gasteiger partial charge in [-0.1, -0.05) is 37.3 Å². The molecular weight excluding hydrogens is 312 g/mol. The highest BCUT2D eigenvalue weighted by molar-refractivity contribution is 5.68. The zero-order valence-corrected chi connectivity index (χ0v) is 13.4. The van der Waals surface area contributed by atoms with Gasteiger partial charge in [0.25, 0.3) is 0 Å². The lowest BCUT2D eigenvalue weighted by Gasteiger charge is -2.24. The predicted molar refractivity (Wildman–Crippen MR) is 81.6 cm³/mol. The van der Waals surface area contributed by atoms with Crippen molar-refractivity contribution in [2.45, 2.75) is 32.9 Å². The van der Waals surface area contributed by atoms with Crippen LogP contribution < -0.4 is 0 Å². The summed E-state index contributed by atoms with van der Waals surface area (Å²) in [5.74, 6) is 1.64. The van der Waals surface area contributed by atoms with Gasteiger partial charge < -0.3 is 14.1 Å². The van der Waals surface area contributed by atoms with Crippen LogP contribution in [-0.2, 0) is 40.3 Å². The van der Waals surface area contributed by atoms with Crippen LogP contribution in [0.1, 0.15) is 29.8 Å². The first kappa shape index (κ1) is 17.4. The topological polar surface area (TPSA) is 89.7 Å². The minimum atomic E-state index is -0.300. The Kier molecular flexibility index (Phi) is 6.28. The Morgan fingerprint density at radius 3 is 2.71 bits per heavy atom. The Morgan fingerprint density at radius 2 is 2.04 bits per heavy atom. The van der Waals surface area contributed by atoms with Gasteiger partial charge in [-0.05, 0) is 5.56 Å². The molecule has 2 aromatic rings. The van der Waals surface area contributed by atoms with Crippen molar-refractivity contribution in [3.8, 4) is 0 Å². The SMILES string of the molecule is CCc1nc2c(o1)CCN(C(=O)OCc1ccccc1)C2.O=C=O. The van der Waals surface area contributed by atoms with E-state index in [0.29, 0.717) is 26.1 Å². The molecule has 0 N–H and O–H groups in total. The monoisotopic (exact) mass is 330 g/mol. The van der Waals surface area contributed by atoms with Crippen molar-refractivity contribution in [2.24, 2.45) is 0 Å². The first-order valence-electron chi connectivity index (χ1n) is 7.60. The van der Waals surface area contributed by atoms with Crippen LogP contribution in [0, 0.1) is 0 Å². The maximum atomic E-state index is 12.1. The molecule has 0 aliphatic carbocycles. The summed E-state index contributed by atoms with van der Waals surface area (Å²) >= 11 is 0. The van der Waals surface area contributed by atoms with E-state index in [1.54, 1.807) is 4.90 Å². The molecule has 0 bridgehead atoms. The number of ether oxygens (including phenoxy) is 1. The summed E-state index contributed by atoms with van der Waals surface area (Å²) in [5.41, 5.74) is 1.84. The highest BCUT2D eigenvalue weighted by Crippen LogP contribution is 2.20. The van der Waals surface area contributed by atoms with Crippen LogP contribution in [0.4, 0.5) is 4.79 Å². The predicted octanol–water partition coefficient (Wildman–Crippen LogP) is 2.35. The van der Waals surface area contributed by atoms with Gasteiger partial charge in [0.1, 0.15) is 18.1 Å². The number of oxazole rings is 1. The molecule has 3 rings (SSSR count). The fraction of sp³-hybridized carbons (Fsp3) is 0.353. The van der Waals surface area contributed by atoms with E-state index < -0.39 is 0 Å². The Bertz CT molecular complexity index is 705. The summed E-state index contributed by atoms with van der Waals surface area (Å²) in [7, 11) is 0. The molecule has 0 unspecified atom stereocenters. The van der Waals surface area contributed by atoms with Crippen molar-refractivity contribution in [3.63, 3.8) is 0 Å². The molecule has 1 aliphatic heterocycles. The lowest BCUT2D eigenvalue weighted by atomic mass is 10.2. The molecule has 0 saturated heterocycles. The van der Waals surface area contributed by atoms with Crippen molar-refractivity contribution in [2.75, 3.05) is 6.54 Å². The zero-order valence-electron chi connectivity index (χ0n) is 13.4. The van der Waals surface area contributed by atoms with Gasteiger partial charge in [-0.25, -0.2) is 9.78 Å². The van der Waals surface area contributed by atoms with Crippen molar-refractivity contribution < 1.29 is 23.5 Å². The molecule has 0 fully saturated rings. The third-order valence-electron chi connectivity index (χ3n) is 3.54. The Labute approximate surface area is 139 Å². The highest BCUT2D eigenvalue weighted by Gasteiger charge is 2.26. The second-order valence-electron chi connectivity index (χ2n) is 5.13. The molecule has 1 amide bonds. The number of fused-ring (bicyclic) bond motifs is 1. The van der Waals surface area contributed by atoms with Gasteiger partial charge in [-0.3, -0.25) is 0 Å².